The summed E-state index contributed by atoms with van der Waals surface area (Å²) in [6.07, 6.45) is 3.97. The van der Waals surface area contributed by atoms with E-state index in [1.54, 1.807) is 0 Å². The third-order valence-corrected chi connectivity index (χ3v) is 5.03. The van der Waals surface area contributed by atoms with E-state index in [9.17, 15) is 0 Å². The Morgan fingerprint density at radius 3 is 2.86 bits per heavy atom. The molecule has 0 radical (unpaired) electrons. The highest BCUT2D eigenvalue weighted by Gasteiger charge is 2.40. The standard InChI is InChI=1S/C16H22BrNO3/c17-14-3-1-2-12(11-18)15(14)21-13-4-7-20-16(10-13)5-8-19-9-6-16/h1-3,13H,4-11,18H2. The van der Waals surface area contributed by atoms with Crippen molar-refractivity contribution in [3.8, 4) is 5.75 Å². The molecule has 0 saturated carbocycles. The highest BCUT2D eigenvalue weighted by atomic mass is 79.9. The van der Waals surface area contributed by atoms with Gasteiger partial charge in [0.25, 0.3) is 0 Å². The summed E-state index contributed by atoms with van der Waals surface area (Å²) in [5.74, 6) is 0.883. The summed E-state index contributed by atoms with van der Waals surface area (Å²) in [6.45, 7) is 2.82. The minimum atomic E-state index is -0.0503. The van der Waals surface area contributed by atoms with E-state index in [1.165, 1.54) is 0 Å². The van der Waals surface area contributed by atoms with Crippen LogP contribution < -0.4 is 10.5 Å². The zero-order chi connectivity index (χ0) is 14.7. The van der Waals surface area contributed by atoms with Crippen molar-refractivity contribution in [1.82, 2.24) is 0 Å². The fourth-order valence-corrected chi connectivity index (χ4v) is 3.69. The molecule has 1 unspecified atom stereocenters. The Kier molecular flexibility index (Phi) is 4.84. The quantitative estimate of drug-likeness (QED) is 0.905. The summed E-state index contributed by atoms with van der Waals surface area (Å²) in [4.78, 5) is 0. The average molecular weight is 356 g/mol. The Balaban J connectivity index is 1.73. The van der Waals surface area contributed by atoms with Crippen molar-refractivity contribution in [2.75, 3.05) is 19.8 Å². The largest absolute Gasteiger partial charge is 0.489 e. The van der Waals surface area contributed by atoms with Crippen LogP contribution in [0.25, 0.3) is 0 Å². The van der Waals surface area contributed by atoms with Crippen molar-refractivity contribution >= 4 is 15.9 Å². The van der Waals surface area contributed by atoms with Crippen molar-refractivity contribution in [3.05, 3.63) is 28.2 Å². The third-order valence-electron chi connectivity index (χ3n) is 4.40. The predicted molar refractivity (Wildman–Crippen MR) is 84.4 cm³/mol. The smallest absolute Gasteiger partial charge is 0.138 e. The minimum Gasteiger partial charge on any atom is -0.489 e. The first-order chi connectivity index (χ1) is 10.2. The molecule has 0 aliphatic carbocycles. The molecule has 3 rings (SSSR count). The lowest BCUT2D eigenvalue weighted by molar-refractivity contribution is -0.155. The number of ether oxygens (including phenoxy) is 3. The molecule has 2 heterocycles. The van der Waals surface area contributed by atoms with E-state index >= 15 is 0 Å². The molecular formula is C16H22BrNO3. The number of rotatable bonds is 3. The summed E-state index contributed by atoms with van der Waals surface area (Å²) >= 11 is 3.57. The first-order valence-corrected chi connectivity index (χ1v) is 8.37. The van der Waals surface area contributed by atoms with Crippen LogP contribution in [0.5, 0.6) is 5.75 Å². The molecule has 0 amide bonds. The molecule has 0 aromatic heterocycles. The van der Waals surface area contributed by atoms with Gasteiger partial charge in [-0.05, 0) is 34.8 Å². The van der Waals surface area contributed by atoms with Crippen molar-refractivity contribution in [2.24, 2.45) is 5.73 Å². The summed E-state index contributed by atoms with van der Waals surface area (Å²) in [6, 6.07) is 6.00. The van der Waals surface area contributed by atoms with E-state index in [-0.39, 0.29) is 11.7 Å². The van der Waals surface area contributed by atoms with Gasteiger partial charge >= 0.3 is 0 Å². The maximum atomic E-state index is 6.29. The molecule has 2 N–H and O–H groups in total. The van der Waals surface area contributed by atoms with Crippen molar-refractivity contribution in [3.63, 3.8) is 0 Å². The minimum absolute atomic E-state index is 0.0503. The maximum absolute atomic E-state index is 6.29. The lowest BCUT2D eigenvalue weighted by atomic mass is 9.85. The Labute approximate surface area is 134 Å². The molecule has 21 heavy (non-hydrogen) atoms. The second kappa shape index (κ2) is 6.65. The number of para-hydroxylation sites is 1. The van der Waals surface area contributed by atoms with Gasteiger partial charge in [-0.25, -0.2) is 0 Å². The van der Waals surface area contributed by atoms with Crippen LogP contribution in [-0.4, -0.2) is 31.5 Å². The van der Waals surface area contributed by atoms with Crippen molar-refractivity contribution < 1.29 is 14.2 Å². The molecule has 2 fully saturated rings. The summed E-state index contributed by atoms with van der Waals surface area (Å²) in [5.41, 5.74) is 6.81. The highest BCUT2D eigenvalue weighted by Crippen LogP contribution is 2.37. The van der Waals surface area contributed by atoms with Crippen LogP contribution in [-0.2, 0) is 16.0 Å². The highest BCUT2D eigenvalue weighted by molar-refractivity contribution is 9.10. The third kappa shape index (κ3) is 3.42. The van der Waals surface area contributed by atoms with E-state index in [4.69, 9.17) is 19.9 Å². The molecule has 2 aliphatic heterocycles. The average Bonchev–Trinajstić information content (AvgIpc) is 2.50. The zero-order valence-corrected chi connectivity index (χ0v) is 13.7. The Hall–Kier alpha value is -0.620. The lowest BCUT2D eigenvalue weighted by Crippen LogP contribution is -2.47. The Bertz CT molecular complexity index is 483. The van der Waals surface area contributed by atoms with E-state index < -0.39 is 0 Å². The SMILES string of the molecule is NCc1cccc(Br)c1OC1CCOC2(CCOCC2)C1. The summed E-state index contributed by atoms with van der Waals surface area (Å²) in [5, 5.41) is 0. The second-order valence-corrected chi connectivity index (χ2v) is 6.66. The van der Waals surface area contributed by atoms with Gasteiger partial charge in [0.1, 0.15) is 11.9 Å². The van der Waals surface area contributed by atoms with Gasteiger partial charge in [0.2, 0.25) is 0 Å². The van der Waals surface area contributed by atoms with Gasteiger partial charge in [-0.2, -0.15) is 0 Å². The van der Waals surface area contributed by atoms with Crippen LogP contribution in [0.1, 0.15) is 31.2 Å². The molecule has 116 valence electrons. The molecule has 1 spiro atoms. The van der Waals surface area contributed by atoms with Crippen molar-refractivity contribution in [1.29, 1.82) is 0 Å². The van der Waals surface area contributed by atoms with Crippen LogP contribution in [0.15, 0.2) is 22.7 Å². The molecule has 2 aliphatic rings. The van der Waals surface area contributed by atoms with Crippen LogP contribution in [0.3, 0.4) is 0 Å². The van der Waals surface area contributed by atoms with Gasteiger partial charge < -0.3 is 19.9 Å². The fourth-order valence-electron chi connectivity index (χ4n) is 3.19. The normalized spacial score (nSPS) is 25.0. The number of hydrogen-bond donors (Lipinski definition) is 1. The molecule has 5 heteroatoms. The fraction of sp³-hybridized carbons (Fsp3) is 0.625. The second-order valence-electron chi connectivity index (χ2n) is 5.81. The van der Waals surface area contributed by atoms with Gasteiger partial charge in [0.05, 0.1) is 16.7 Å². The topological polar surface area (TPSA) is 53.7 Å². The number of halogens is 1. The molecule has 1 atom stereocenters. The predicted octanol–water partition coefficient (Wildman–Crippen LogP) is 3.01. The Morgan fingerprint density at radius 2 is 2.10 bits per heavy atom. The van der Waals surface area contributed by atoms with Gasteiger partial charge in [-0.3, -0.25) is 0 Å². The Morgan fingerprint density at radius 1 is 1.29 bits per heavy atom. The van der Waals surface area contributed by atoms with Gasteiger partial charge in [0, 0.05) is 38.2 Å². The monoisotopic (exact) mass is 355 g/mol. The first-order valence-electron chi connectivity index (χ1n) is 7.58. The van der Waals surface area contributed by atoms with E-state index in [2.05, 4.69) is 15.9 Å². The zero-order valence-electron chi connectivity index (χ0n) is 12.1. The van der Waals surface area contributed by atoms with Gasteiger partial charge in [0.15, 0.2) is 0 Å². The molecule has 1 aromatic carbocycles. The molecular weight excluding hydrogens is 334 g/mol. The summed E-state index contributed by atoms with van der Waals surface area (Å²) in [7, 11) is 0. The van der Waals surface area contributed by atoms with Gasteiger partial charge in [-0.15, -0.1) is 0 Å². The van der Waals surface area contributed by atoms with Crippen LogP contribution in [0.4, 0.5) is 0 Å². The van der Waals surface area contributed by atoms with E-state index in [0.29, 0.717) is 6.54 Å². The maximum Gasteiger partial charge on any atom is 0.138 e. The molecule has 2 saturated heterocycles. The summed E-state index contributed by atoms with van der Waals surface area (Å²) < 4.78 is 18.8. The molecule has 1 aromatic rings. The number of benzene rings is 1. The number of hydrogen-bond acceptors (Lipinski definition) is 4. The van der Waals surface area contributed by atoms with E-state index in [1.807, 2.05) is 18.2 Å². The van der Waals surface area contributed by atoms with E-state index in [0.717, 1.165) is 61.3 Å². The van der Waals surface area contributed by atoms with Crippen LogP contribution in [0, 0.1) is 0 Å². The molecule has 4 nitrogen and oxygen atoms in total. The van der Waals surface area contributed by atoms with Gasteiger partial charge in [-0.1, -0.05) is 12.1 Å². The van der Waals surface area contributed by atoms with Crippen LogP contribution in [0.2, 0.25) is 0 Å². The number of nitrogens with two attached hydrogens (primary N) is 1. The molecule has 0 bridgehead atoms. The van der Waals surface area contributed by atoms with Crippen LogP contribution >= 0.6 is 15.9 Å². The first kappa shape index (κ1) is 15.3. The lowest BCUT2D eigenvalue weighted by Gasteiger charge is -2.43. The van der Waals surface area contributed by atoms with Crippen molar-refractivity contribution in [2.45, 2.75) is 43.9 Å².